The van der Waals surface area contributed by atoms with E-state index < -0.39 is 10.0 Å². The predicted octanol–water partition coefficient (Wildman–Crippen LogP) is 1.21. The molecule has 0 unspecified atom stereocenters. The minimum atomic E-state index is -3.33. The van der Waals surface area contributed by atoms with Gasteiger partial charge in [0.1, 0.15) is 4.21 Å². The Bertz CT molecular complexity index is 621. The van der Waals surface area contributed by atoms with E-state index in [1.54, 1.807) is 6.07 Å². The summed E-state index contributed by atoms with van der Waals surface area (Å²) < 4.78 is 26.8. The van der Waals surface area contributed by atoms with Crippen LogP contribution >= 0.6 is 11.3 Å². The number of aliphatic imine (C=N–C) groups is 1. The zero-order chi connectivity index (χ0) is 16.2. The number of nitrogens with zero attached hydrogens (tertiary/aromatic N) is 3. The largest absolute Gasteiger partial charge is 0.356 e. The van der Waals surface area contributed by atoms with Crippen molar-refractivity contribution in [2.45, 2.75) is 24.5 Å². The molecule has 1 aromatic heterocycles. The van der Waals surface area contributed by atoms with Crippen molar-refractivity contribution in [2.24, 2.45) is 4.99 Å². The molecule has 0 radical (unpaired) electrons. The molecule has 124 valence electrons. The van der Waals surface area contributed by atoms with Crippen LogP contribution in [0.1, 0.15) is 18.7 Å². The average molecular weight is 345 g/mol. The zero-order valence-electron chi connectivity index (χ0n) is 13.4. The molecular formula is C14H24N4O2S2. The van der Waals surface area contributed by atoms with E-state index in [9.17, 15) is 8.42 Å². The van der Waals surface area contributed by atoms with Crippen molar-refractivity contribution in [3.8, 4) is 0 Å². The highest BCUT2D eigenvalue weighted by atomic mass is 32.2. The Morgan fingerprint density at radius 3 is 2.68 bits per heavy atom. The molecule has 0 aliphatic carbocycles. The monoisotopic (exact) mass is 344 g/mol. The smallest absolute Gasteiger partial charge is 0.252 e. The predicted molar refractivity (Wildman–Crippen MR) is 91.1 cm³/mol. The second-order valence-corrected chi connectivity index (χ2v) is 8.45. The fourth-order valence-corrected chi connectivity index (χ4v) is 5.31. The summed E-state index contributed by atoms with van der Waals surface area (Å²) >= 11 is 1.36. The molecule has 0 atom stereocenters. The van der Waals surface area contributed by atoms with Gasteiger partial charge in [0.15, 0.2) is 5.96 Å². The van der Waals surface area contributed by atoms with Gasteiger partial charge in [-0.15, -0.1) is 11.3 Å². The van der Waals surface area contributed by atoms with Crippen LogP contribution in [-0.2, 0) is 16.4 Å². The molecule has 1 aliphatic rings. The van der Waals surface area contributed by atoms with Gasteiger partial charge < -0.3 is 10.2 Å². The fraction of sp³-hybridized carbons (Fsp3) is 0.643. The number of rotatable bonds is 7. The molecule has 1 aromatic rings. The molecule has 0 saturated carbocycles. The molecule has 0 saturated heterocycles. The third-order valence-corrected chi connectivity index (χ3v) is 7.31. The number of hydrogen-bond acceptors (Lipinski definition) is 6. The second-order valence-electron chi connectivity index (χ2n) is 5.11. The molecule has 22 heavy (non-hydrogen) atoms. The van der Waals surface area contributed by atoms with Crippen molar-refractivity contribution in [3.63, 3.8) is 0 Å². The molecular weight excluding hydrogens is 320 g/mol. The first-order chi connectivity index (χ1) is 10.5. The van der Waals surface area contributed by atoms with Gasteiger partial charge >= 0.3 is 0 Å². The van der Waals surface area contributed by atoms with Crippen molar-refractivity contribution in [3.05, 3.63) is 17.0 Å². The molecule has 8 heteroatoms. The van der Waals surface area contributed by atoms with E-state index >= 15 is 0 Å². The van der Waals surface area contributed by atoms with Gasteiger partial charge in [-0.25, -0.2) is 8.42 Å². The minimum absolute atomic E-state index is 0.432. The van der Waals surface area contributed by atoms with Crippen LogP contribution in [-0.4, -0.2) is 63.4 Å². The van der Waals surface area contributed by atoms with Crippen LogP contribution in [0.4, 0.5) is 0 Å². The third-order valence-electron chi connectivity index (χ3n) is 3.65. The normalized spacial score (nSPS) is 15.5. The lowest BCUT2D eigenvalue weighted by Gasteiger charge is -2.16. The van der Waals surface area contributed by atoms with Crippen molar-refractivity contribution >= 4 is 27.3 Å². The molecule has 0 bridgehead atoms. The zero-order valence-corrected chi connectivity index (χ0v) is 15.0. The summed E-state index contributed by atoms with van der Waals surface area (Å²) in [5.41, 5.74) is 0. The summed E-state index contributed by atoms with van der Waals surface area (Å²) in [6.07, 6.45) is 0.797. The molecule has 6 nitrogen and oxygen atoms in total. The van der Waals surface area contributed by atoms with Crippen LogP contribution < -0.4 is 5.32 Å². The third kappa shape index (κ3) is 3.80. The number of guanidine groups is 1. The molecule has 2 rings (SSSR count). The standard InChI is InChI=1S/C14H24N4O2S2/c1-4-18(5-2)22(19,20)13-7-6-12(21-13)8-9-15-14-16-10-11-17(14)3/h6-7H,4-5,8-11H2,1-3H3,(H,15,16). The summed E-state index contributed by atoms with van der Waals surface area (Å²) in [5.74, 6) is 0.924. The highest BCUT2D eigenvalue weighted by Crippen LogP contribution is 2.25. The highest BCUT2D eigenvalue weighted by Gasteiger charge is 2.23. The topological polar surface area (TPSA) is 65.0 Å². The van der Waals surface area contributed by atoms with Crippen molar-refractivity contribution in [1.29, 1.82) is 0 Å². The second kappa shape index (κ2) is 7.43. The molecule has 1 N–H and O–H groups in total. The van der Waals surface area contributed by atoms with Crippen molar-refractivity contribution in [2.75, 3.05) is 39.8 Å². The summed E-state index contributed by atoms with van der Waals surface area (Å²) in [6.45, 7) is 7.27. The Balaban J connectivity index is 1.94. The number of thiophene rings is 1. The van der Waals surface area contributed by atoms with Crippen LogP contribution in [0.5, 0.6) is 0 Å². The van der Waals surface area contributed by atoms with E-state index in [2.05, 4.69) is 15.2 Å². The number of likely N-dealkylation sites (N-methyl/N-ethyl adjacent to an activating group) is 1. The van der Waals surface area contributed by atoms with Gasteiger partial charge in [-0.1, -0.05) is 13.8 Å². The Hall–Kier alpha value is -1.12. The number of sulfonamides is 1. The lowest BCUT2D eigenvalue weighted by molar-refractivity contribution is 0.447. The van der Waals surface area contributed by atoms with Gasteiger partial charge in [0.05, 0.1) is 6.54 Å². The first kappa shape index (κ1) is 17.2. The lowest BCUT2D eigenvalue weighted by Crippen LogP contribution is -2.36. The van der Waals surface area contributed by atoms with E-state index in [0.29, 0.717) is 17.3 Å². The highest BCUT2D eigenvalue weighted by molar-refractivity contribution is 7.91. The van der Waals surface area contributed by atoms with Gasteiger partial charge in [0, 0.05) is 38.1 Å². The molecule has 0 fully saturated rings. The van der Waals surface area contributed by atoms with E-state index in [1.165, 1.54) is 15.6 Å². The van der Waals surface area contributed by atoms with Crippen LogP contribution in [0.25, 0.3) is 0 Å². The summed E-state index contributed by atoms with van der Waals surface area (Å²) in [5, 5.41) is 3.30. The quantitative estimate of drug-likeness (QED) is 0.807. The van der Waals surface area contributed by atoms with Crippen LogP contribution in [0.3, 0.4) is 0 Å². The molecule has 0 aromatic carbocycles. The van der Waals surface area contributed by atoms with Crippen LogP contribution in [0, 0.1) is 0 Å². The van der Waals surface area contributed by atoms with Gasteiger partial charge in [-0.05, 0) is 18.6 Å². The van der Waals surface area contributed by atoms with Gasteiger partial charge in [-0.2, -0.15) is 4.31 Å². The maximum Gasteiger partial charge on any atom is 0.252 e. The SMILES string of the molecule is CCN(CC)S(=O)(=O)c1ccc(CCNC2=NCCN2C)s1. The fourth-order valence-electron chi connectivity index (χ4n) is 2.34. The summed E-state index contributed by atoms with van der Waals surface area (Å²) in [7, 11) is -1.32. The number of hydrogen-bond donors (Lipinski definition) is 1. The van der Waals surface area contributed by atoms with E-state index in [-0.39, 0.29) is 0 Å². The summed E-state index contributed by atoms with van der Waals surface area (Å²) in [4.78, 5) is 7.53. The Morgan fingerprint density at radius 1 is 1.36 bits per heavy atom. The Kier molecular flexibility index (Phi) is 5.82. The van der Waals surface area contributed by atoms with Crippen LogP contribution in [0.15, 0.2) is 21.3 Å². The minimum Gasteiger partial charge on any atom is -0.356 e. The Labute approximate surface area is 136 Å². The average Bonchev–Trinajstić information content (AvgIpc) is 3.10. The molecule has 0 amide bonds. The van der Waals surface area contributed by atoms with E-state index in [4.69, 9.17) is 0 Å². The van der Waals surface area contributed by atoms with Crippen molar-refractivity contribution in [1.82, 2.24) is 14.5 Å². The number of nitrogens with one attached hydrogen (secondary N) is 1. The van der Waals surface area contributed by atoms with E-state index in [1.807, 2.05) is 27.0 Å². The van der Waals surface area contributed by atoms with Gasteiger partial charge in [-0.3, -0.25) is 4.99 Å². The lowest BCUT2D eigenvalue weighted by atomic mass is 10.3. The first-order valence-corrected chi connectivity index (χ1v) is 9.83. The first-order valence-electron chi connectivity index (χ1n) is 7.57. The summed E-state index contributed by atoms with van der Waals surface area (Å²) in [6, 6.07) is 3.62. The van der Waals surface area contributed by atoms with E-state index in [0.717, 1.165) is 36.9 Å². The molecule has 2 heterocycles. The molecule has 0 spiro atoms. The maximum absolute atomic E-state index is 12.4. The van der Waals surface area contributed by atoms with Crippen molar-refractivity contribution < 1.29 is 8.42 Å². The van der Waals surface area contributed by atoms with Crippen LogP contribution in [0.2, 0.25) is 0 Å². The van der Waals surface area contributed by atoms with Gasteiger partial charge in [0.25, 0.3) is 10.0 Å². The van der Waals surface area contributed by atoms with Gasteiger partial charge in [0.2, 0.25) is 0 Å². The molecule has 1 aliphatic heterocycles. The Morgan fingerprint density at radius 2 is 2.09 bits per heavy atom. The maximum atomic E-state index is 12.4.